The van der Waals surface area contributed by atoms with Crippen LogP contribution < -0.4 is 10.4 Å². The number of hydrogen-bond donors (Lipinski definition) is 1. The average Bonchev–Trinajstić information content (AvgIpc) is 3.31. The Labute approximate surface area is 228 Å². The van der Waals surface area contributed by atoms with Crippen LogP contribution in [0.2, 0.25) is 0 Å². The third kappa shape index (κ3) is 6.34. The number of aromatic nitrogens is 2. The van der Waals surface area contributed by atoms with E-state index in [0.29, 0.717) is 32.5 Å². The molecule has 0 aliphatic carbocycles. The number of likely N-dealkylation sites (tertiary alicyclic amines) is 1. The number of aromatic amines is 1. The maximum absolute atomic E-state index is 13.0. The van der Waals surface area contributed by atoms with Crippen molar-refractivity contribution in [3.63, 3.8) is 0 Å². The Morgan fingerprint density at radius 3 is 2.44 bits per heavy atom. The van der Waals surface area contributed by atoms with Crippen molar-refractivity contribution in [2.24, 2.45) is 0 Å². The number of carbonyl (C=O) groups excluding carboxylic acids is 1. The molecule has 1 atom stereocenters. The molecule has 8 heteroatoms. The molecule has 204 valence electrons. The summed E-state index contributed by atoms with van der Waals surface area (Å²) in [7, 11) is 1.67. The molecule has 1 saturated heterocycles. The lowest BCUT2D eigenvalue weighted by Gasteiger charge is -2.33. The molecule has 1 fully saturated rings. The second kappa shape index (κ2) is 12.2. The van der Waals surface area contributed by atoms with Crippen LogP contribution in [-0.2, 0) is 17.8 Å². The lowest BCUT2D eigenvalue weighted by molar-refractivity contribution is 0.0567. The van der Waals surface area contributed by atoms with Crippen LogP contribution in [0, 0.1) is 0 Å². The number of nitrogens with zero attached hydrogens (tertiary/aromatic N) is 3. The Morgan fingerprint density at radius 1 is 0.974 bits per heavy atom. The molecule has 1 amide bonds. The molecule has 1 aliphatic heterocycles. The molecule has 0 spiro atoms. The third-order valence-corrected chi connectivity index (χ3v) is 7.53. The molecular formula is C31H36N4O4. The van der Waals surface area contributed by atoms with Crippen LogP contribution in [0.1, 0.15) is 36.9 Å². The summed E-state index contributed by atoms with van der Waals surface area (Å²) in [6.45, 7) is 4.93. The molecule has 8 nitrogen and oxygen atoms in total. The van der Waals surface area contributed by atoms with Crippen molar-refractivity contribution >= 4 is 17.1 Å². The van der Waals surface area contributed by atoms with E-state index in [1.165, 1.54) is 5.56 Å². The summed E-state index contributed by atoms with van der Waals surface area (Å²) in [6.07, 6.45) is 1.12. The molecule has 1 N–H and O–H groups in total. The van der Waals surface area contributed by atoms with Gasteiger partial charge in [0.2, 0.25) is 0 Å². The van der Waals surface area contributed by atoms with Crippen molar-refractivity contribution in [2.45, 2.75) is 44.9 Å². The first-order valence-corrected chi connectivity index (χ1v) is 13.5. The lowest BCUT2D eigenvalue weighted by Crippen LogP contribution is -2.42. The fourth-order valence-electron chi connectivity index (χ4n) is 5.32. The summed E-state index contributed by atoms with van der Waals surface area (Å²) in [6, 6.07) is 26.2. The van der Waals surface area contributed by atoms with Crippen molar-refractivity contribution in [2.75, 3.05) is 26.8 Å². The zero-order chi connectivity index (χ0) is 27.2. The summed E-state index contributed by atoms with van der Waals surface area (Å²) < 4.78 is 13.0. The van der Waals surface area contributed by atoms with Gasteiger partial charge in [-0.1, -0.05) is 54.6 Å². The Morgan fingerprint density at radius 2 is 1.67 bits per heavy atom. The Kier molecular flexibility index (Phi) is 8.32. The van der Waals surface area contributed by atoms with E-state index in [9.17, 15) is 9.59 Å². The van der Waals surface area contributed by atoms with Crippen molar-refractivity contribution in [3.8, 4) is 5.75 Å². The molecule has 0 saturated carbocycles. The highest BCUT2D eigenvalue weighted by atomic mass is 16.6. The Hall–Kier alpha value is -4.04. The summed E-state index contributed by atoms with van der Waals surface area (Å²) in [4.78, 5) is 32.6. The van der Waals surface area contributed by atoms with E-state index in [1.807, 2.05) is 65.2 Å². The molecule has 0 bridgehead atoms. The number of carbonyl (C=O) groups is 1. The molecule has 0 unspecified atom stereocenters. The molecule has 39 heavy (non-hydrogen) atoms. The number of para-hydroxylation sites is 2. The van der Waals surface area contributed by atoms with Gasteiger partial charge in [-0.3, -0.25) is 9.47 Å². The van der Waals surface area contributed by atoms with E-state index in [-0.39, 0.29) is 30.5 Å². The second-order valence-corrected chi connectivity index (χ2v) is 10.2. The maximum atomic E-state index is 13.0. The Bertz CT molecular complexity index is 1440. The van der Waals surface area contributed by atoms with E-state index in [1.54, 1.807) is 12.0 Å². The van der Waals surface area contributed by atoms with Gasteiger partial charge in [0, 0.05) is 38.3 Å². The van der Waals surface area contributed by atoms with Crippen molar-refractivity contribution in [3.05, 3.63) is 100 Å². The van der Waals surface area contributed by atoms with Gasteiger partial charge in [-0.25, -0.2) is 9.59 Å². The summed E-state index contributed by atoms with van der Waals surface area (Å²) in [5, 5.41) is 0. The van der Waals surface area contributed by atoms with Crippen molar-refractivity contribution in [1.29, 1.82) is 0 Å². The van der Waals surface area contributed by atoms with E-state index in [4.69, 9.17) is 9.47 Å². The standard InChI is InChI=1S/C31H36N4O4/c1-23(34(20-24-9-4-3-5-10-24)21-25-11-8-12-27(19-25)38-2)22-39-31(37)33-17-15-26(16-18-33)35-29-14-7-6-13-28(29)32-30(35)36/h3-14,19,23,26H,15-18,20-22H2,1-2H3,(H,32,36)/t23-/m0/s1. The van der Waals surface area contributed by atoms with Gasteiger partial charge in [-0.15, -0.1) is 0 Å². The smallest absolute Gasteiger partial charge is 0.409 e. The van der Waals surface area contributed by atoms with E-state index < -0.39 is 0 Å². The quantitative estimate of drug-likeness (QED) is 0.323. The maximum Gasteiger partial charge on any atom is 0.409 e. The minimum atomic E-state index is -0.299. The predicted octanol–water partition coefficient (Wildman–Crippen LogP) is 5.20. The molecule has 4 aromatic rings. The molecule has 2 heterocycles. The van der Waals surface area contributed by atoms with Crippen LogP contribution in [-0.4, -0.2) is 58.3 Å². The number of H-pyrrole nitrogens is 1. The lowest BCUT2D eigenvalue weighted by atomic mass is 10.0. The van der Waals surface area contributed by atoms with Gasteiger partial charge in [0.1, 0.15) is 12.4 Å². The van der Waals surface area contributed by atoms with Crippen LogP contribution in [0.25, 0.3) is 11.0 Å². The number of benzene rings is 3. The molecule has 1 aliphatic rings. The summed E-state index contributed by atoms with van der Waals surface area (Å²) in [5.74, 6) is 0.824. The molecule has 0 radical (unpaired) electrons. The number of methoxy groups -OCH3 is 1. The molecule has 1 aromatic heterocycles. The average molecular weight is 529 g/mol. The number of amides is 1. The van der Waals surface area contributed by atoms with Gasteiger partial charge < -0.3 is 19.4 Å². The van der Waals surface area contributed by atoms with Gasteiger partial charge in [-0.05, 0) is 55.2 Å². The fourth-order valence-corrected chi connectivity index (χ4v) is 5.32. The van der Waals surface area contributed by atoms with Crippen molar-refractivity contribution in [1.82, 2.24) is 19.4 Å². The van der Waals surface area contributed by atoms with Crippen LogP contribution in [0.5, 0.6) is 5.75 Å². The molecule has 5 rings (SSSR count). The topological polar surface area (TPSA) is 79.8 Å². The first-order chi connectivity index (χ1) is 19.0. The fraction of sp³-hybridized carbons (Fsp3) is 0.355. The normalized spacial score (nSPS) is 15.0. The van der Waals surface area contributed by atoms with Gasteiger partial charge in [-0.2, -0.15) is 0 Å². The minimum Gasteiger partial charge on any atom is -0.497 e. The predicted molar refractivity (Wildman–Crippen MR) is 152 cm³/mol. The van der Waals surface area contributed by atoms with E-state index >= 15 is 0 Å². The second-order valence-electron chi connectivity index (χ2n) is 10.2. The minimum absolute atomic E-state index is 0.00249. The molecular weight excluding hydrogens is 492 g/mol. The van der Waals surface area contributed by atoms with E-state index in [2.05, 4.69) is 35.0 Å². The van der Waals surface area contributed by atoms with Gasteiger partial charge in [0.25, 0.3) is 0 Å². The Balaban J connectivity index is 1.19. The van der Waals surface area contributed by atoms with Gasteiger partial charge in [0.05, 0.1) is 18.1 Å². The van der Waals surface area contributed by atoms with Crippen molar-refractivity contribution < 1.29 is 14.3 Å². The highest BCUT2D eigenvalue weighted by Crippen LogP contribution is 2.25. The van der Waals surface area contributed by atoms with Crippen LogP contribution in [0.4, 0.5) is 4.79 Å². The zero-order valence-electron chi connectivity index (χ0n) is 22.6. The highest BCUT2D eigenvalue weighted by Gasteiger charge is 2.27. The first-order valence-electron chi connectivity index (χ1n) is 13.5. The number of imidazole rings is 1. The SMILES string of the molecule is COc1cccc(CN(Cc2ccccc2)[C@@H](C)COC(=O)N2CCC(n3c(=O)[nH]c4ccccc43)CC2)c1. The monoisotopic (exact) mass is 528 g/mol. The number of rotatable bonds is 9. The van der Waals surface area contributed by atoms with Gasteiger partial charge >= 0.3 is 11.8 Å². The molecule has 3 aromatic carbocycles. The van der Waals surface area contributed by atoms with Crippen LogP contribution in [0.15, 0.2) is 83.7 Å². The van der Waals surface area contributed by atoms with E-state index in [0.717, 1.165) is 28.9 Å². The highest BCUT2D eigenvalue weighted by molar-refractivity contribution is 5.75. The summed E-state index contributed by atoms with van der Waals surface area (Å²) >= 11 is 0. The van der Waals surface area contributed by atoms with Gasteiger partial charge in [0.15, 0.2) is 0 Å². The summed E-state index contributed by atoms with van der Waals surface area (Å²) in [5.41, 5.74) is 3.99. The first kappa shape index (κ1) is 26.6. The zero-order valence-corrected chi connectivity index (χ0v) is 22.6. The number of ether oxygens (including phenoxy) is 2. The number of fused-ring (bicyclic) bond motifs is 1. The van der Waals surface area contributed by atoms with Crippen LogP contribution >= 0.6 is 0 Å². The van der Waals surface area contributed by atoms with Crippen LogP contribution in [0.3, 0.4) is 0 Å². The largest absolute Gasteiger partial charge is 0.497 e. The third-order valence-electron chi connectivity index (χ3n) is 7.53. The number of hydrogen-bond acceptors (Lipinski definition) is 5. The number of piperidine rings is 1. The number of nitrogens with one attached hydrogen (secondary N) is 1.